The lowest BCUT2D eigenvalue weighted by molar-refractivity contribution is 0.00672. The SMILES string of the molecule is CCC(CC)O[C@@H]1C=CC[C@H]2N[C@@H]21. The summed E-state index contributed by atoms with van der Waals surface area (Å²) in [4.78, 5) is 0. The Morgan fingerprint density at radius 2 is 2.23 bits per heavy atom. The van der Waals surface area contributed by atoms with E-state index >= 15 is 0 Å². The maximum Gasteiger partial charge on any atom is 0.0927 e. The van der Waals surface area contributed by atoms with Crippen LogP contribution in [0.3, 0.4) is 0 Å². The lowest BCUT2D eigenvalue weighted by Crippen LogP contribution is -2.27. The van der Waals surface area contributed by atoms with Crippen molar-refractivity contribution < 1.29 is 4.74 Å². The summed E-state index contributed by atoms with van der Waals surface area (Å²) < 4.78 is 5.99. The molecule has 0 unspecified atom stereocenters. The second-order valence-corrected chi connectivity index (χ2v) is 4.00. The van der Waals surface area contributed by atoms with Gasteiger partial charge in [-0.2, -0.15) is 0 Å². The molecule has 0 aromatic heterocycles. The number of nitrogens with one attached hydrogen (secondary N) is 1. The molecule has 13 heavy (non-hydrogen) atoms. The molecule has 1 aliphatic heterocycles. The summed E-state index contributed by atoms with van der Waals surface area (Å²) in [6.45, 7) is 4.39. The number of ether oxygens (including phenoxy) is 1. The molecule has 3 atom stereocenters. The minimum atomic E-state index is 0.337. The minimum absolute atomic E-state index is 0.337. The quantitative estimate of drug-likeness (QED) is 0.530. The van der Waals surface area contributed by atoms with E-state index in [1.54, 1.807) is 0 Å². The molecule has 0 radical (unpaired) electrons. The van der Waals surface area contributed by atoms with Crippen molar-refractivity contribution in [1.82, 2.24) is 5.32 Å². The number of hydrogen-bond donors (Lipinski definition) is 1. The molecule has 2 aliphatic rings. The Labute approximate surface area is 80.4 Å². The smallest absolute Gasteiger partial charge is 0.0927 e. The van der Waals surface area contributed by atoms with Gasteiger partial charge in [-0.3, -0.25) is 0 Å². The van der Waals surface area contributed by atoms with Crippen LogP contribution in [0.25, 0.3) is 0 Å². The highest BCUT2D eigenvalue weighted by atomic mass is 16.5. The third kappa shape index (κ3) is 1.94. The first-order chi connectivity index (χ1) is 6.35. The number of fused-ring (bicyclic) bond motifs is 1. The average Bonchev–Trinajstić information content (AvgIpc) is 2.93. The normalized spacial score (nSPS) is 36.4. The van der Waals surface area contributed by atoms with E-state index in [2.05, 4.69) is 31.3 Å². The Bertz CT molecular complexity index is 198. The zero-order valence-corrected chi connectivity index (χ0v) is 8.49. The molecule has 2 nitrogen and oxygen atoms in total. The van der Waals surface area contributed by atoms with Crippen molar-refractivity contribution in [1.29, 1.82) is 0 Å². The van der Waals surface area contributed by atoms with Gasteiger partial charge in [0.1, 0.15) is 0 Å². The summed E-state index contributed by atoms with van der Waals surface area (Å²) in [5.74, 6) is 0. The van der Waals surface area contributed by atoms with Crippen LogP contribution in [0.15, 0.2) is 12.2 Å². The molecular formula is C11H19NO. The van der Waals surface area contributed by atoms with Crippen molar-refractivity contribution in [2.75, 3.05) is 0 Å². The second kappa shape index (κ2) is 3.81. The average molecular weight is 181 g/mol. The predicted octanol–water partition coefficient (Wildman–Crippen LogP) is 1.86. The molecule has 0 amide bonds. The molecule has 2 heteroatoms. The third-order valence-electron chi connectivity index (χ3n) is 3.06. The van der Waals surface area contributed by atoms with Gasteiger partial charge in [0, 0.05) is 6.04 Å². The molecule has 1 saturated heterocycles. The van der Waals surface area contributed by atoms with Crippen LogP contribution in [0.2, 0.25) is 0 Å². The van der Waals surface area contributed by atoms with Crippen LogP contribution in [0.4, 0.5) is 0 Å². The zero-order chi connectivity index (χ0) is 9.26. The first kappa shape index (κ1) is 9.22. The van der Waals surface area contributed by atoms with Crippen molar-refractivity contribution >= 4 is 0 Å². The molecule has 0 aromatic carbocycles. The van der Waals surface area contributed by atoms with Crippen LogP contribution in [-0.4, -0.2) is 24.3 Å². The standard InChI is InChI=1S/C11H19NO/c1-3-8(4-2)13-10-7-5-6-9-11(10)12-9/h5,7-12H,3-4,6H2,1-2H3/t9-,10-,11+/m1/s1. The largest absolute Gasteiger partial charge is 0.369 e. The molecule has 74 valence electrons. The van der Waals surface area contributed by atoms with Gasteiger partial charge in [-0.05, 0) is 19.3 Å². The molecule has 1 heterocycles. The van der Waals surface area contributed by atoms with Crippen molar-refractivity contribution in [2.24, 2.45) is 0 Å². The zero-order valence-electron chi connectivity index (χ0n) is 8.49. The first-order valence-electron chi connectivity index (χ1n) is 5.43. The lowest BCUT2D eigenvalue weighted by atomic mass is 10.0. The van der Waals surface area contributed by atoms with Gasteiger partial charge < -0.3 is 10.1 Å². The van der Waals surface area contributed by atoms with Crippen LogP contribution in [-0.2, 0) is 4.74 Å². The van der Waals surface area contributed by atoms with Crippen molar-refractivity contribution in [3.05, 3.63) is 12.2 Å². The van der Waals surface area contributed by atoms with Gasteiger partial charge in [-0.1, -0.05) is 26.0 Å². The van der Waals surface area contributed by atoms with E-state index in [4.69, 9.17) is 4.74 Å². The summed E-state index contributed by atoms with van der Waals surface area (Å²) in [5.41, 5.74) is 0. The maximum atomic E-state index is 5.99. The molecule has 1 N–H and O–H groups in total. The van der Waals surface area contributed by atoms with Gasteiger partial charge in [0.25, 0.3) is 0 Å². The molecular weight excluding hydrogens is 162 g/mol. The van der Waals surface area contributed by atoms with Gasteiger partial charge in [0.2, 0.25) is 0 Å². The van der Waals surface area contributed by atoms with Gasteiger partial charge in [0.15, 0.2) is 0 Å². The van der Waals surface area contributed by atoms with Crippen LogP contribution in [0, 0.1) is 0 Å². The highest BCUT2D eigenvalue weighted by molar-refractivity contribution is 5.17. The highest BCUT2D eigenvalue weighted by Crippen LogP contribution is 2.28. The third-order valence-corrected chi connectivity index (χ3v) is 3.06. The van der Waals surface area contributed by atoms with E-state index in [1.807, 2.05) is 0 Å². The maximum absolute atomic E-state index is 5.99. The summed E-state index contributed by atoms with van der Waals surface area (Å²) in [7, 11) is 0. The number of hydrogen-bond acceptors (Lipinski definition) is 2. The van der Waals surface area contributed by atoms with E-state index in [1.165, 1.54) is 6.42 Å². The fourth-order valence-corrected chi connectivity index (χ4v) is 2.04. The predicted molar refractivity (Wildman–Crippen MR) is 53.7 cm³/mol. The summed E-state index contributed by atoms with van der Waals surface area (Å²) >= 11 is 0. The first-order valence-corrected chi connectivity index (χ1v) is 5.43. The number of rotatable bonds is 4. The fourth-order valence-electron chi connectivity index (χ4n) is 2.04. The Morgan fingerprint density at radius 1 is 1.46 bits per heavy atom. The highest BCUT2D eigenvalue weighted by Gasteiger charge is 2.43. The topological polar surface area (TPSA) is 31.2 Å². The van der Waals surface area contributed by atoms with Crippen molar-refractivity contribution in [3.8, 4) is 0 Å². The van der Waals surface area contributed by atoms with Crippen LogP contribution >= 0.6 is 0 Å². The van der Waals surface area contributed by atoms with Crippen LogP contribution in [0.5, 0.6) is 0 Å². The Kier molecular flexibility index (Phi) is 2.70. The minimum Gasteiger partial charge on any atom is -0.369 e. The van der Waals surface area contributed by atoms with Crippen molar-refractivity contribution in [2.45, 2.75) is 57.4 Å². The molecule has 0 aromatic rings. The molecule has 0 saturated carbocycles. The molecule has 0 spiro atoms. The van der Waals surface area contributed by atoms with Crippen LogP contribution < -0.4 is 5.32 Å². The van der Waals surface area contributed by atoms with Gasteiger partial charge >= 0.3 is 0 Å². The second-order valence-electron chi connectivity index (χ2n) is 4.00. The summed E-state index contributed by atoms with van der Waals surface area (Å²) in [6.07, 6.45) is 8.68. The van der Waals surface area contributed by atoms with E-state index in [9.17, 15) is 0 Å². The van der Waals surface area contributed by atoms with Crippen LogP contribution in [0.1, 0.15) is 33.1 Å². The van der Waals surface area contributed by atoms with Crippen molar-refractivity contribution in [3.63, 3.8) is 0 Å². The van der Waals surface area contributed by atoms with Gasteiger partial charge in [-0.25, -0.2) is 0 Å². The summed E-state index contributed by atoms with van der Waals surface area (Å²) in [6, 6.07) is 1.33. The molecule has 0 bridgehead atoms. The van der Waals surface area contributed by atoms with Gasteiger partial charge in [-0.15, -0.1) is 0 Å². The van der Waals surface area contributed by atoms with E-state index in [0.29, 0.717) is 24.3 Å². The molecule has 1 fully saturated rings. The Balaban J connectivity index is 1.86. The molecule has 1 aliphatic carbocycles. The summed E-state index contributed by atoms with van der Waals surface area (Å²) in [5, 5.41) is 3.45. The molecule has 2 rings (SSSR count). The Hall–Kier alpha value is -0.340. The van der Waals surface area contributed by atoms with E-state index in [-0.39, 0.29) is 0 Å². The monoisotopic (exact) mass is 181 g/mol. The lowest BCUT2D eigenvalue weighted by Gasteiger charge is -2.21. The van der Waals surface area contributed by atoms with E-state index < -0.39 is 0 Å². The van der Waals surface area contributed by atoms with Gasteiger partial charge in [0.05, 0.1) is 18.2 Å². The fraction of sp³-hybridized carbons (Fsp3) is 0.818. The Morgan fingerprint density at radius 3 is 2.92 bits per heavy atom. The van der Waals surface area contributed by atoms with E-state index in [0.717, 1.165) is 12.8 Å².